The minimum absolute atomic E-state index is 0.0151. The number of hydrogen-bond donors (Lipinski definition) is 0. The van der Waals surface area contributed by atoms with Crippen molar-refractivity contribution >= 4 is 5.91 Å². The third kappa shape index (κ3) is 3.13. The highest BCUT2D eigenvalue weighted by molar-refractivity contribution is 5.84. The van der Waals surface area contributed by atoms with Gasteiger partial charge in [0.1, 0.15) is 0 Å². The molecule has 28 heavy (non-hydrogen) atoms. The smallest absolute Gasteiger partial charge is 0.230 e. The van der Waals surface area contributed by atoms with Gasteiger partial charge in [0, 0.05) is 43.3 Å². The Morgan fingerprint density at radius 2 is 1.86 bits per heavy atom. The summed E-state index contributed by atoms with van der Waals surface area (Å²) in [6, 6.07) is 8.33. The van der Waals surface area contributed by atoms with E-state index in [-0.39, 0.29) is 11.3 Å². The number of likely N-dealkylation sites (tertiary alicyclic amines) is 1. The van der Waals surface area contributed by atoms with E-state index in [2.05, 4.69) is 27.0 Å². The molecule has 3 heterocycles. The van der Waals surface area contributed by atoms with Gasteiger partial charge in [-0.05, 0) is 60.8 Å². The molecule has 0 aromatic carbocycles. The first kappa shape index (κ1) is 17.8. The number of fused-ring (bicyclic) bond motifs is 1. The van der Waals surface area contributed by atoms with E-state index in [9.17, 15) is 4.79 Å². The lowest BCUT2D eigenvalue weighted by Crippen LogP contribution is -2.44. The summed E-state index contributed by atoms with van der Waals surface area (Å²) in [5.74, 6) is 1.38. The van der Waals surface area contributed by atoms with Crippen molar-refractivity contribution in [1.82, 2.24) is 14.9 Å². The zero-order chi connectivity index (χ0) is 19.0. The van der Waals surface area contributed by atoms with Crippen molar-refractivity contribution in [3.05, 3.63) is 60.2 Å². The topological polar surface area (TPSA) is 46.1 Å². The molecule has 0 radical (unpaired) electrons. The SMILES string of the molecule is O=C(C(c1cccnc1)C1CCCCC1)N1CCC2(c3cccnc3)CC2C1. The van der Waals surface area contributed by atoms with E-state index in [1.807, 2.05) is 30.7 Å². The van der Waals surface area contributed by atoms with Crippen LogP contribution >= 0.6 is 0 Å². The second-order valence-corrected chi connectivity index (χ2v) is 9.00. The van der Waals surface area contributed by atoms with Crippen molar-refractivity contribution in [2.75, 3.05) is 13.1 Å². The van der Waals surface area contributed by atoms with Crippen molar-refractivity contribution in [1.29, 1.82) is 0 Å². The first-order valence-electron chi connectivity index (χ1n) is 10.9. The van der Waals surface area contributed by atoms with Crippen molar-refractivity contribution in [3.8, 4) is 0 Å². The summed E-state index contributed by atoms with van der Waals surface area (Å²) >= 11 is 0. The van der Waals surface area contributed by atoms with Crippen LogP contribution in [0.2, 0.25) is 0 Å². The maximum Gasteiger partial charge on any atom is 0.230 e. The molecule has 2 saturated carbocycles. The number of carbonyl (C=O) groups is 1. The number of nitrogens with zero attached hydrogens (tertiary/aromatic N) is 3. The maximum atomic E-state index is 13.7. The molecule has 0 spiro atoms. The van der Waals surface area contributed by atoms with Gasteiger partial charge in [-0.15, -0.1) is 0 Å². The number of hydrogen-bond acceptors (Lipinski definition) is 3. The van der Waals surface area contributed by atoms with Gasteiger partial charge in [0.15, 0.2) is 0 Å². The number of carbonyl (C=O) groups excluding carboxylic acids is 1. The molecular weight excluding hydrogens is 346 g/mol. The van der Waals surface area contributed by atoms with Crippen LogP contribution in [0.4, 0.5) is 0 Å². The lowest BCUT2D eigenvalue weighted by Gasteiger charge is -2.37. The molecule has 1 aliphatic heterocycles. The van der Waals surface area contributed by atoms with E-state index in [1.54, 1.807) is 6.20 Å². The number of amides is 1. The Morgan fingerprint density at radius 1 is 1.07 bits per heavy atom. The normalized spacial score (nSPS) is 28.4. The van der Waals surface area contributed by atoms with Gasteiger partial charge >= 0.3 is 0 Å². The number of rotatable bonds is 4. The maximum absolute atomic E-state index is 13.7. The fourth-order valence-electron chi connectivity index (χ4n) is 5.81. The molecule has 4 nitrogen and oxygen atoms in total. The van der Waals surface area contributed by atoms with Gasteiger partial charge in [-0.3, -0.25) is 14.8 Å². The Bertz CT molecular complexity index is 818. The van der Waals surface area contributed by atoms with Crippen LogP contribution in [0, 0.1) is 11.8 Å². The third-order valence-electron chi connectivity index (χ3n) is 7.48. The molecule has 3 fully saturated rings. The van der Waals surface area contributed by atoms with E-state index >= 15 is 0 Å². The zero-order valence-electron chi connectivity index (χ0n) is 16.5. The molecule has 146 valence electrons. The molecule has 1 saturated heterocycles. The lowest BCUT2D eigenvalue weighted by molar-refractivity contribution is -0.135. The minimum Gasteiger partial charge on any atom is -0.342 e. The summed E-state index contributed by atoms with van der Waals surface area (Å²) in [7, 11) is 0. The monoisotopic (exact) mass is 375 g/mol. The Kier molecular flexibility index (Phi) is 4.65. The van der Waals surface area contributed by atoms with Gasteiger partial charge < -0.3 is 4.90 Å². The molecule has 4 heteroatoms. The fourth-order valence-corrected chi connectivity index (χ4v) is 5.81. The molecule has 0 bridgehead atoms. The first-order valence-corrected chi connectivity index (χ1v) is 10.9. The number of aromatic nitrogens is 2. The quantitative estimate of drug-likeness (QED) is 0.799. The molecule has 1 amide bonds. The van der Waals surface area contributed by atoms with Crippen LogP contribution in [0.1, 0.15) is 62.0 Å². The average Bonchev–Trinajstić information content (AvgIpc) is 3.51. The second kappa shape index (κ2) is 7.31. The van der Waals surface area contributed by atoms with Crippen LogP contribution in [0.25, 0.3) is 0 Å². The highest BCUT2D eigenvalue weighted by Crippen LogP contribution is 2.59. The molecule has 2 aromatic heterocycles. The Hall–Kier alpha value is -2.23. The van der Waals surface area contributed by atoms with E-state index in [1.165, 1.54) is 44.1 Å². The molecule has 3 unspecified atom stereocenters. The van der Waals surface area contributed by atoms with Gasteiger partial charge in [-0.1, -0.05) is 31.4 Å². The Labute approximate surface area is 167 Å². The standard InChI is InChI=1S/C24H29N3O/c28-23(22(18-6-2-1-3-7-18)19-8-4-11-25-15-19)27-13-10-24(14-21(24)17-27)20-9-5-12-26-16-20/h4-5,8-9,11-12,15-16,18,21-22H,1-3,6-7,10,13-14,17H2. The average molecular weight is 376 g/mol. The summed E-state index contributed by atoms with van der Waals surface area (Å²) in [6.07, 6.45) is 16.0. The minimum atomic E-state index is -0.0151. The largest absolute Gasteiger partial charge is 0.342 e. The Morgan fingerprint density at radius 3 is 2.54 bits per heavy atom. The van der Waals surface area contributed by atoms with Crippen LogP contribution in [0.5, 0.6) is 0 Å². The molecule has 0 N–H and O–H groups in total. The van der Waals surface area contributed by atoms with Crippen molar-refractivity contribution < 1.29 is 4.79 Å². The summed E-state index contributed by atoms with van der Waals surface area (Å²) in [5, 5.41) is 0. The van der Waals surface area contributed by atoms with Crippen molar-refractivity contribution in [2.45, 2.75) is 56.3 Å². The van der Waals surface area contributed by atoms with Crippen LogP contribution in [-0.2, 0) is 10.2 Å². The summed E-state index contributed by atoms with van der Waals surface area (Å²) in [4.78, 5) is 24.5. The summed E-state index contributed by atoms with van der Waals surface area (Å²) in [6.45, 7) is 1.77. The van der Waals surface area contributed by atoms with Gasteiger partial charge in [-0.25, -0.2) is 0 Å². The van der Waals surface area contributed by atoms with Gasteiger partial charge in [0.05, 0.1) is 5.92 Å². The van der Waals surface area contributed by atoms with Crippen LogP contribution in [-0.4, -0.2) is 33.9 Å². The second-order valence-electron chi connectivity index (χ2n) is 9.00. The van der Waals surface area contributed by atoms with E-state index in [4.69, 9.17) is 0 Å². The summed E-state index contributed by atoms with van der Waals surface area (Å²) < 4.78 is 0. The van der Waals surface area contributed by atoms with Crippen molar-refractivity contribution in [3.63, 3.8) is 0 Å². The predicted molar refractivity (Wildman–Crippen MR) is 109 cm³/mol. The van der Waals surface area contributed by atoms with E-state index in [0.29, 0.717) is 17.7 Å². The molecule has 5 rings (SSSR count). The van der Waals surface area contributed by atoms with Crippen LogP contribution in [0.3, 0.4) is 0 Å². The van der Waals surface area contributed by atoms with Crippen LogP contribution in [0.15, 0.2) is 49.1 Å². The van der Waals surface area contributed by atoms with E-state index in [0.717, 1.165) is 25.1 Å². The predicted octanol–water partition coefficient (Wildman–Crippen LogP) is 4.33. The van der Waals surface area contributed by atoms with Crippen molar-refractivity contribution in [2.24, 2.45) is 11.8 Å². The lowest BCUT2D eigenvalue weighted by atomic mass is 9.76. The number of piperidine rings is 1. The molecule has 3 aliphatic rings. The van der Waals surface area contributed by atoms with E-state index < -0.39 is 0 Å². The number of pyridine rings is 2. The summed E-state index contributed by atoms with van der Waals surface area (Å²) in [5.41, 5.74) is 2.75. The molecule has 3 atom stereocenters. The highest BCUT2D eigenvalue weighted by Gasteiger charge is 2.58. The molecular formula is C24H29N3O. The fraction of sp³-hybridized carbons (Fsp3) is 0.542. The van der Waals surface area contributed by atoms with Gasteiger partial charge in [0.25, 0.3) is 0 Å². The van der Waals surface area contributed by atoms with Gasteiger partial charge in [0.2, 0.25) is 5.91 Å². The van der Waals surface area contributed by atoms with Crippen LogP contribution < -0.4 is 0 Å². The molecule has 2 aromatic rings. The molecule has 2 aliphatic carbocycles. The highest BCUT2D eigenvalue weighted by atomic mass is 16.2. The van der Waals surface area contributed by atoms with Gasteiger partial charge in [-0.2, -0.15) is 0 Å². The third-order valence-corrected chi connectivity index (χ3v) is 7.48. The first-order chi connectivity index (χ1) is 13.8. The zero-order valence-corrected chi connectivity index (χ0v) is 16.5. The Balaban J connectivity index is 1.35.